The van der Waals surface area contributed by atoms with Crippen LogP contribution in [0.1, 0.15) is 66.8 Å². The van der Waals surface area contributed by atoms with Gasteiger partial charge < -0.3 is 25.2 Å². The molecule has 0 saturated heterocycles. The van der Waals surface area contributed by atoms with Gasteiger partial charge in [-0.3, -0.25) is 9.59 Å². The monoisotopic (exact) mass is 516 g/mol. The van der Waals surface area contributed by atoms with E-state index in [1.54, 1.807) is 4.90 Å². The molecule has 2 saturated carbocycles. The summed E-state index contributed by atoms with van der Waals surface area (Å²) in [7, 11) is 0. The van der Waals surface area contributed by atoms with Crippen LogP contribution in [0.4, 0.5) is 20.3 Å². The van der Waals surface area contributed by atoms with Gasteiger partial charge in [0.1, 0.15) is 18.0 Å². The van der Waals surface area contributed by atoms with Crippen LogP contribution in [0.5, 0.6) is 11.9 Å². The molecule has 1 atom stereocenters. The topological polar surface area (TPSA) is 128 Å². The van der Waals surface area contributed by atoms with Crippen molar-refractivity contribution in [2.24, 2.45) is 11.8 Å². The molecule has 2 fully saturated rings. The van der Waals surface area contributed by atoms with Crippen molar-refractivity contribution in [3.8, 4) is 11.9 Å². The van der Waals surface area contributed by atoms with E-state index in [2.05, 4.69) is 9.97 Å². The highest BCUT2D eigenvalue weighted by Gasteiger charge is 2.56. The number of hydrogen-bond donors (Lipinski definition) is 2. The van der Waals surface area contributed by atoms with Gasteiger partial charge in [-0.1, -0.05) is 12.1 Å². The number of fused-ring (bicyclic) bond motifs is 1. The lowest BCUT2D eigenvalue weighted by Gasteiger charge is -2.28. The van der Waals surface area contributed by atoms with Gasteiger partial charge in [0.2, 0.25) is 5.88 Å². The van der Waals surface area contributed by atoms with E-state index in [1.165, 1.54) is 5.56 Å². The van der Waals surface area contributed by atoms with E-state index in [9.17, 15) is 18.4 Å². The number of halogens is 2. The molecule has 198 valence electrons. The molecule has 3 N–H and O–H groups in total. The number of aliphatic carboxylic acids is 1. The van der Waals surface area contributed by atoms with Gasteiger partial charge in [-0.25, -0.2) is 8.78 Å². The maximum absolute atomic E-state index is 13.4. The van der Waals surface area contributed by atoms with Crippen LogP contribution in [0.15, 0.2) is 24.3 Å². The highest BCUT2D eigenvalue weighted by atomic mass is 19.3. The first kappa shape index (κ1) is 25.2. The van der Waals surface area contributed by atoms with Crippen molar-refractivity contribution in [3.63, 3.8) is 0 Å². The molecular weight excluding hydrogens is 486 g/mol. The Hall–Kier alpha value is -3.50. The zero-order valence-electron chi connectivity index (χ0n) is 20.4. The number of hydrogen-bond acceptors (Lipinski definition) is 7. The molecule has 1 unspecified atom stereocenters. The number of anilines is 2. The SMILES string of the molecule is Nc1nc(OCCC2CC2(F)F)nc2c1C(=O)N(c1ccc(C3CCC(CC(=O)O)CC3)cc1)CCO2. The van der Waals surface area contributed by atoms with Crippen LogP contribution in [0.2, 0.25) is 0 Å². The quantitative estimate of drug-likeness (QED) is 0.532. The molecule has 0 spiro atoms. The van der Waals surface area contributed by atoms with Gasteiger partial charge in [-0.15, -0.1) is 0 Å². The number of benzene rings is 1. The van der Waals surface area contributed by atoms with Crippen molar-refractivity contribution < 1.29 is 33.0 Å². The number of nitrogens with zero attached hydrogens (tertiary/aromatic N) is 3. The Bertz CT molecular complexity index is 1170. The van der Waals surface area contributed by atoms with Crippen LogP contribution in [0.25, 0.3) is 0 Å². The largest absolute Gasteiger partial charge is 0.481 e. The van der Waals surface area contributed by atoms with Crippen LogP contribution in [-0.4, -0.2) is 52.6 Å². The summed E-state index contributed by atoms with van der Waals surface area (Å²) in [6.45, 7) is 0.478. The van der Waals surface area contributed by atoms with E-state index in [1.807, 2.05) is 24.3 Å². The van der Waals surface area contributed by atoms with E-state index >= 15 is 0 Å². The fourth-order valence-electron chi connectivity index (χ4n) is 5.27. The fraction of sp³-hybridized carbons (Fsp3) is 0.538. The van der Waals surface area contributed by atoms with Gasteiger partial charge in [0, 0.05) is 24.4 Å². The second kappa shape index (κ2) is 10.1. The third-order valence-electron chi connectivity index (χ3n) is 7.54. The number of aromatic nitrogens is 2. The van der Waals surface area contributed by atoms with Crippen LogP contribution in [-0.2, 0) is 4.79 Å². The molecule has 2 aromatic rings. The van der Waals surface area contributed by atoms with Crippen LogP contribution >= 0.6 is 0 Å². The number of ether oxygens (including phenoxy) is 2. The molecule has 1 aromatic carbocycles. The predicted octanol–water partition coefficient (Wildman–Crippen LogP) is 4.27. The number of alkyl halides is 2. The first-order valence-corrected chi connectivity index (χ1v) is 12.7. The minimum absolute atomic E-state index is 0.0153. The number of nitrogens with two attached hydrogens (primary N) is 1. The number of carboxylic acid groups (broad SMARTS) is 1. The molecular formula is C26H30F2N4O5. The van der Waals surface area contributed by atoms with E-state index in [-0.39, 0.29) is 68.2 Å². The molecule has 11 heteroatoms. The first-order chi connectivity index (χ1) is 17.7. The van der Waals surface area contributed by atoms with Gasteiger partial charge in [0.15, 0.2) is 0 Å². The zero-order valence-corrected chi connectivity index (χ0v) is 20.4. The van der Waals surface area contributed by atoms with Gasteiger partial charge in [-0.05, 0) is 61.6 Å². The lowest BCUT2D eigenvalue weighted by molar-refractivity contribution is -0.138. The average Bonchev–Trinajstić information content (AvgIpc) is 3.51. The summed E-state index contributed by atoms with van der Waals surface area (Å²) in [4.78, 5) is 34.1. The Morgan fingerprint density at radius 2 is 1.89 bits per heavy atom. The van der Waals surface area contributed by atoms with Crippen molar-refractivity contribution in [3.05, 3.63) is 35.4 Å². The number of carboxylic acids is 1. The van der Waals surface area contributed by atoms with Gasteiger partial charge in [0.25, 0.3) is 11.8 Å². The zero-order chi connectivity index (χ0) is 26.2. The Kier molecular flexibility index (Phi) is 6.87. The Morgan fingerprint density at radius 1 is 1.19 bits per heavy atom. The second-order valence-electron chi connectivity index (χ2n) is 10.1. The normalized spacial score (nSPS) is 24.5. The molecule has 9 nitrogen and oxygen atoms in total. The van der Waals surface area contributed by atoms with E-state index in [4.69, 9.17) is 20.3 Å². The van der Waals surface area contributed by atoms with Crippen molar-refractivity contribution in [1.29, 1.82) is 0 Å². The molecule has 1 aliphatic heterocycles. The van der Waals surface area contributed by atoms with Crippen molar-refractivity contribution >= 4 is 23.4 Å². The number of rotatable bonds is 8. The molecule has 5 rings (SSSR count). The number of carbonyl (C=O) groups is 2. The van der Waals surface area contributed by atoms with Crippen LogP contribution in [0, 0.1) is 11.8 Å². The first-order valence-electron chi connectivity index (χ1n) is 12.7. The lowest BCUT2D eigenvalue weighted by Crippen LogP contribution is -2.32. The Morgan fingerprint density at radius 3 is 2.54 bits per heavy atom. The molecule has 0 bridgehead atoms. The summed E-state index contributed by atoms with van der Waals surface area (Å²) >= 11 is 0. The third kappa shape index (κ3) is 5.60. The Labute approximate surface area is 213 Å². The summed E-state index contributed by atoms with van der Waals surface area (Å²) in [6.07, 6.45) is 3.97. The minimum Gasteiger partial charge on any atom is -0.481 e. The predicted molar refractivity (Wildman–Crippen MR) is 130 cm³/mol. The molecule has 3 aliphatic rings. The average molecular weight is 517 g/mol. The molecule has 2 aliphatic carbocycles. The Balaban J connectivity index is 1.24. The molecule has 0 radical (unpaired) electrons. The summed E-state index contributed by atoms with van der Waals surface area (Å²) in [6, 6.07) is 7.70. The summed E-state index contributed by atoms with van der Waals surface area (Å²) < 4.78 is 37.2. The number of nitrogen functional groups attached to an aromatic ring is 1. The maximum Gasteiger partial charge on any atom is 0.321 e. The standard InChI is InChI=1S/C26H30F2N4O5/c27-26(28)14-18(26)9-11-37-25-30-22(29)21-23(31-25)36-12-10-32(24(21)35)19-7-5-17(6-8-19)16-3-1-15(2-4-16)13-20(33)34/h5-8,15-16,18H,1-4,9-14H2,(H,33,34)(H2,29,30,31). The molecule has 37 heavy (non-hydrogen) atoms. The van der Waals surface area contributed by atoms with Gasteiger partial charge in [0.05, 0.1) is 13.2 Å². The smallest absolute Gasteiger partial charge is 0.321 e. The second-order valence-corrected chi connectivity index (χ2v) is 10.1. The molecule has 2 heterocycles. The number of amides is 1. The minimum atomic E-state index is -2.62. The van der Waals surface area contributed by atoms with Crippen molar-refractivity contribution in [2.75, 3.05) is 30.4 Å². The number of carbonyl (C=O) groups excluding carboxylic acids is 1. The van der Waals surface area contributed by atoms with E-state index in [0.717, 1.165) is 25.7 Å². The van der Waals surface area contributed by atoms with Crippen molar-refractivity contribution in [1.82, 2.24) is 9.97 Å². The van der Waals surface area contributed by atoms with Crippen LogP contribution in [0.3, 0.4) is 0 Å². The summed E-state index contributed by atoms with van der Waals surface area (Å²) in [5.74, 6) is -3.90. The molecule has 1 amide bonds. The van der Waals surface area contributed by atoms with Crippen molar-refractivity contribution in [2.45, 2.75) is 56.8 Å². The highest BCUT2D eigenvalue weighted by Crippen LogP contribution is 2.50. The van der Waals surface area contributed by atoms with Crippen LogP contribution < -0.4 is 20.1 Å². The summed E-state index contributed by atoms with van der Waals surface area (Å²) in [5, 5.41) is 9.02. The highest BCUT2D eigenvalue weighted by molar-refractivity contribution is 6.10. The maximum atomic E-state index is 13.4. The third-order valence-corrected chi connectivity index (χ3v) is 7.54. The fourth-order valence-corrected chi connectivity index (χ4v) is 5.27. The van der Waals surface area contributed by atoms with E-state index in [0.29, 0.717) is 11.6 Å². The molecule has 1 aromatic heterocycles. The van der Waals surface area contributed by atoms with E-state index < -0.39 is 23.7 Å². The summed E-state index contributed by atoms with van der Waals surface area (Å²) in [5.41, 5.74) is 7.98. The lowest BCUT2D eigenvalue weighted by atomic mass is 9.77. The van der Waals surface area contributed by atoms with Gasteiger partial charge in [-0.2, -0.15) is 9.97 Å². The van der Waals surface area contributed by atoms with Gasteiger partial charge >= 0.3 is 12.0 Å².